The van der Waals surface area contributed by atoms with Crippen molar-refractivity contribution in [3.63, 3.8) is 0 Å². The van der Waals surface area contributed by atoms with E-state index in [9.17, 15) is 15.0 Å². The average Bonchev–Trinajstić information content (AvgIpc) is 3.14. The molecule has 0 spiro atoms. The predicted octanol–water partition coefficient (Wildman–Crippen LogP) is 1.84. The fourth-order valence-corrected chi connectivity index (χ4v) is 4.55. The number of rotatable bonds is 5. The summed E-state index contributed by atoms with van der Waals surface area (Å²) in [6.07, 6.45) is 6.67. The molecule has 0 radical (unpaired) electrons. The third-order valence-corrected chi connectivity index (χ3v) is 5.70. The van der Waals surface area contributed by atoms with E-state index in [-0.39, 0.29) is 11.5 Å². The van der Waals surface area contributed by atoms with Gasteiger partial charge >= 0.3 is 0 Å². The first-order valence-electron chi connectivity index (χ1n) is 8.64. The number of hydrogen-bond acceptors (Lipinski definition) is 5. The van der Waals surface area contributed by atoms with E-state index in [1.807, 2.05) is 0 Å². The molecule has 0 bridgehead atoms. The van der Waals surface area contributed by atoms with Crippen molar-refractivity contribution in [2.45, 2.75) is 37.7 Å². The van der Waals surface area contributed by atoms with Crippen LogP contribution in [0.5, 0.6) is 5.75 Å². The minimum atomic E-state index is -0.439. The molecule has 124 valence electrons. The van der Waals surface area contributed by atoms with Crippen LogP contribution in [0.25, 0.3) is 0 Å². The smallest absolute Gasteiger partial charge is 0.195 e. The maximum atomic E-state index is 12.3. The molecule has 0 amide bonds. The zero-order valence-electron chi connectivity index (χ0n) is 13.3. The second-order valence-electron chi connectivity index (χ2n) is 7.82. The van der Waals surface area contributed by atoms with Gasteiger partial charge in [-0.25, -0.2) is 4.98 Å². The Hall–Kier alpha value is -1.46. The van der Waals surface area contributed by atoms with Gasteiger partial charge in [0.15, 0.2) is 5.78 Å². The van der Waals surface area contributed by atoms with Crippen molar-refractivity contribution in [3.8, 4) is 5.75 Å². The molecular weight excluding hydrogens is 292 g/mol. The van der Waals surface area contributed by atoms with Crippen molar-refractivity contribution in [1.29, 1.82) is 0 Å². The second kappa shape index (κ2) is 5.56. The number of aliphatic hydroxyl groups is 1. The summed E-state index contributed by atoms with van der Waals surface area (Å²) >= 11 is 0. The van der Waals surface area contributed by atoms with Gasteiger partial charge in [0, 0.05) is 13.1 Å². The maximum absolute atomic E-state index is 12.3. The summed E-state index contributed by atoms with van der Waals surface area (Å²) in [5.41, 5.74) is -0.0319. The van der Waals surface area contributed by atoms with Crippen LogP contribution in [-0.2, 0) is 0 Å². The number of pyridine rings is 1. The molecule has 2 saturated carbocycles. The molecule has 3 aliphatic rings. The van der Waals surface area contributed by atoms with Crippen LogP contribution < -0.4 is 0 Å². The number of ketones is 1. The van der Waals surface area contributed by atoms with Crippen LogP contribution in [0, 0.1) is 17.8 Å². The second-order valence-corrected chi connectivity index (χ2v) is 7.82. The van der Waals surface area contributed by atoms with Crippen LogP contribution in [0.2, 0.25) is 0 Å². The number of carbonyl (C=O) groups is 1. The lowest BCUT2D eigenvalue weighted by Gasteiger charge is -2.25. The van der Waals surface area contributed by atoms with Gasteiger partial charge in [0.25, 0.3) is 0 Å². The highest BCUT2D eigenvalue weighted by Crippen LogP contribution is 2.49. The van der Waals surface area contributed by atoms with Crippen molar-refractivity contribution in [2.24, 2.45) is 17.8 Å². The minimum Gasteiger partial charge on any atom is -0.506 e. The fraction of sp³-hybridized carbons (Fsp3) is 0.667. The van der Waals surface area contributed by atoms with Crippen molar-refractivity contribution in [2.75, 3.05) is 19.6 Å². The molecule has 4 rings (SSSR count). The molecule has 0 aromatic carbocycles. The summed E-state index contributed by atoms with van der Waals surface area (Å²) in [4.78, 5) is 18.5. The summed E-state index contributed by atoms with van der Waals surface area (Å²) in [7, 11) is 0. The number of Topliss-reactive ketones (excluding diaryl/α,β-unsaturated/α-hetero) is 1. The van der Waals surface area contributed by atoms with Crippen LogP contribution >= 0.6 is 0 Å². The van der Waals surface area contributed by atoms with Crippen molar-refractivity contribution in [3.05, 3.63) is 24.0 Å². The molecule has 1 aromatic rings. The van der Waals surface area contributed by atoms with Gasteiger partial charge in [0.2, 0.25) is 0 Å². The van der Waals surface area contributed by atoms with Crippen LogP contribution in [0.4, 0.5) is 0 Å². The Kier molecular flexibility index (Phi) is 3.65. The molecule has 2 aliphatic carbocycles. The Morgan fingerprint density at radius 2 is 1.96 bits per heavy atom. The van der Waals surface area contributed by atoms with Crippen molar-refractivity contribution >= 4 is 5.78 Å². The zero-order valence-corrected chi connectivity index (χ0v) is 13.3. The summed E-state index contributed by atoms with van der Waals surface area (Å²) < 4.78 is 0. The van der Waals surface area contributed by atoms with Crippen LogP contribution in [0.3, 0.4) is 0 Å². The molecule has 2 N–H and O–H groups in total. The van der Waals surface area contributed by atoms with Gasteiger partial charge in [-0.15, -0.1) is 0 Å². The molecule has 5 heteroatoms. The van der Waals surface area contributed by atoms with E-state index in [1.54, 1.807) is 6.07 Å². The summed E-state index contributed by atoms with van der Waals surface area (Å²) in [6, 6.07) is 3.07. The van der Waals surface area contributed by atoms with Crippen molar-refractivity contribution in [1.82, 2.24) is 9.88 Å². The topological polar surface area (TPSA) is 73.7 Å². The van der Waals surface area contributed by atoms with Crippen molar-refractivity contribution < 1.29 is 15.0 Å². The molecule has 5 nitrogen and oxygen atoms in total. The maximum Gasteiger partial charge on any atom is 0.195 e. The monoisotopic (exact) mass is 316 g/mol. The van der Waals surface area contributed by atoms with E-state index in [0.29, 0.717) is 24.1 Å². The first kappa shape index (κ1) is 15.1. The Morgan fingerprint density at radius 3 is 2.52 bits per heavy atom. The van der Waals surface area contributed by atoms with Crippen LogP contribution in [0.15, 0.2) is 18.3 Å². The Balaban J connectivity index is 1.32. The van der Waals surface area contributed by atoms with Gasteiger partial charge in [-0.2, -0.15) is 0 Å². The number of aromatic hydroxyl groups is 1. The highest BCUT2D eigenvalue weighted by Gasteiger charge is 2.49. The lowest BCUT2D eigenvalue weighted by molar-refractivity contribution is 0.0215. The molecule has 23 heavy (non-hydrogen) atoms. The summed E-state index contributed by atoms with van der Waals surface area (Å²) in [6.45, 7) is 2.19. The zero-order chi connectivity index (χ0) is 16.0. The lowest BCUT2D eigenvalue weighted by atomic mass is 9.93. The average molecular weight is 316 g/mol. The van der Waals surface area contributed by atoms with E-state index >= 15 is 0 Å². The first-order valence-corrected chi connectivity index (χ1v) is 8.64. The van der Waals surface area contributed by atoms with Gasteiger partial charge < -0.3 is 10.2 Å². The van der Waals surface area contributed by atoms with E-state index in [4.69, 9.17) is 0 Å². The Labute approximate surface area is 136 Å². The third-order valence-electron chi connectivity index (χ3n) is 5.70. The largest absolute Gasteiger partial charge is 0.506 e. The highest BCUT2D eigenvalue weighted by molar-refractivity contribution is 5.95. The van der Waals surface area contributed by atoms with E-state index in [1.165, 1.54) is 25.1 Å². The number of carbonyl (C=O) groups excluding carboxylic acids is 1. The lowest BCUT2D eigenvalue weighted by Crippen LogP contribution is -2.33. The SMILES string of the molecule is O=C(CN1C[C@@H]2CC(O)(CC3CC3)C[C@@H]2C1)c1ccc(O)cn1. The molecule has 2 heterocycles. The summed E-state index contributed by atoms with van der Waals surface area (Å²) in [5, 5.41) is 20.0. The Bertz CT molecular complexity index is 583. The number of likely N-dealkylation sites (tertiary alicyclic amines) is 1. The fourth-order valence-electron chi connectivity index (χ4n) is 4.55. The van der Waals surface area contributed by atoms with Crippen LogP contribution in [0.1, 0.15) is 42.6 Å². The Morgan fingerprint density at radius 1 is 1.26 bits per heavy atom. The molecule has 1 saturated heterocycles. The van der Waals surface area contributed by atoms with Crippen LogP contribution in [-0.4, -0.2) is 51.1 Å². The molecule has 1 unspecified atom stereocenters. The molecule has 3 fully saturated rings. The van der Waals surface area contributed by atoms with Gasteiger partial charge in [0.1, 0.15) is 11.4 Å². The molecule has 3 atom stereocenters. The number of fused-ring (bicyclic) bond motifs is 1. The number of aromatic nitrogens is 1. The van der Waals surface area contributed by atoms with Gasteiger partial charge in [0.05, 0.1) is 18.3 Å². The van der Waals surface area contributed by atoms with E-state index in [0.717, 1.165) is 38.3 Å². The third kappa shape index (κ3) is 3.26. The normalized spacial score (nSPS) is 33.8. The minimum absolute atomic E-state index is 0.00165. The number of nitrogens with zero attached hydrogens (tertiary/aromatic N) is 2. The standard InChI is InChI=1S/C18H24N2O3/c21-15-3-4-16(19-8-15)17(22)11-20-9-13-6-18(23,5-12-1-2-12)7-14(13)10-20/h3-4,8,12-14,21,23H,1-2,5-7,9-11H2/t13-,14+,18?. The summed E-state index contributed by atoms with van der Waals surface area (Å²) in [5.74, 6) is 1.89. The molecule has 1 aromatic heterocycles. The van der Waals surface area contributed by atoms with E-state index < -0.39 is 5.60 Å². The van der Waals surface area contributed by atoms with Gasteiger partial charge in [-0.3, -0.25) is 9.69 Å². The van der Waals surface area contributed by atoms with Gasteiger partial charge in [-0.1, -0.05) is 12.8 Å². The first-order chi connectivity index (χ1) is 11.0. The molecular formula is C18H24N2O3. The predicted molar refractivity (Wildman–Crippen MR) is 85.2 cm³/mol. The quantitative estimate of drug-likeness (QED) is 0.811. The number of hydrogen-bond donors (Lipinski definition) is 2. The van der Waals surface area contributed by atoms with E-state index in [2.05, 4.69) is 9.88 Å². The van der Waals surface area contributed by atoms with Gasteiger partial charge in [-0.05, 0) is 49.1 Å². The highest BCUT2D eigenvalue weighted by atomic mass is 16.3. The molecule has 1 aliphatic heterocycles.